The maximum Gasteiger partial charge on any atom is 0.265 e. The van der Waals surface area contributed by atoms with Gasteiger partial charge >= 0.3 is 0 Å². The van der Waals surface area contributed by atoms with Crippen LogP contribution in [0.15, 0.2) is 47.4 Å². The van der Waals surface area contributed by atoms with E-state index >= 15 is 0 Å². The van der Waals surface area contributed by atoms with E-state index in [1.807, 2.05) is 4.72 Å². The molecular weight excluding hydrogens is 427 g/mol. The molecular formula is C18H16Cl2N2O5S. The van der Waals surface area contributed by atoms with E-state index in [2.05, 4.69) is 5.32 Å². The van der Waals surface area contributed by atoms with Gasteiger partial charge in [-0.2, -0.15) is 0 Å². The van der Waals surface area contributed by atoms with Gasteiger partial charge in [-0.3, -0.25) is 9.59 Å². The maximum atomic E-state index is 12.7. The van der Waals surface area contributed by atoms with Crippen LogP contribution in [0.5, 0.6) is 0 Å². The molecule has 0 aliphatic carbocycles. The second-order valence-electron chi connectivity index (χ2n) is 6.16. The van der Waals surface area contributed by atoms with Crippen LogP contribution < -0.4 is 10.0 Å². The van der Waals surface area contributed by atoms with Gasteiger partial charge < -0.3 is 10.1 Å². The summed E-state index contributed by atoms with van der Waals surface area (Å²) in [4.78, 5) is 24.3. The van der Waals surface area contributed by atoms with Gasteiger partial charge in [-0.25, -0.2) is 13.1 Å². The first-order valence-electron chi connectivity index (χ1n) is 8.17. The average Bonchev–Trinajstić information content (AvgIpc) is 2.64. The largest absolute Gasteiger partial charge is 0.356 e. The number of benzene rings is 2. The van der Waals surface area contributed by atoms with E-state index in [4.69, 9.17) is 27.9 Å². The number of nitrogens with one attached hydrogen (secondary N) is 2. The molecule has 0 radical (unpaired) electrons. The van der Waals surface area contributed by atoms with Crippen molar-refractivity contribution in [1.82, 2.24) is 10.0 Å². The van der Waals surface area contributed by atoms with E-state index in [9.17, 15) is 18.0 Å². The maximum absolute atomic E-state index is 12.7. The minimum Gasteiger partial charge on any atom is -0.356 e. The number of sulfonamides is 1. The summed E-state index contributed by atoms with van der Waals surface area (Å²) < 4.78 is 32.7. The molecule has 1 heterocycles. The van der Waals surface area contributed by atoms with Crippen LogP contribution in [-0.4, -0.2) is 32.9 Å². The van der Waals surface area contributed by atoms with Crippen molar-refractivity contribution in [2.24, 2.45) is 0 Å². The number of carbonyl (C=O) groups is 2. The van der Waals surface area contributed by atoms with Crippen molar-refractivity contribution in [3.63, 3.8) is 0 Å². The summed E-state index contributed by atoms with van der Waals surface area (Å²) in [5, 5.41) is 3.38. The lowest BCUT2D eigenvalue weighted by Crippen LogP contribution is -2.53. The van der Waals surface area contributed by atoms with Crippen molar-refractivity contribution in [3.05, 3.63) is 63.6 Å². The Bertz CT molecular complexity index is 1020. The zero-order valence-corrected chi connectivity index (χ0v) is 16.9. The van der Waals surface area contributed by atoms with Crippen LogP contribution in [0.3, 0.4) is 0 Å². The highest BCUT2D eigenvalue weighted by atomic mass is 35.5. The highest BCUT2D eigenvalue weighted by molar-refractivity contribution is 7.90. The first-order chi connectivity index (χ1) is 13.2. The fourth-order valence-corrected chi connectivity index (χ4v) is 4.45. The van der Waals surface area contributed by atoms with Gasteiger partial charge in [-0.05, 0) is 42.3 Å². The number of halogens is 2. The summed E-state index contributed by atoms with van der Waals surface area (Å²) in [6.45, 7) is 1.17. The van der Waals surface area contributed by atoms with Crippen molar-refractivity contribution in [1.29, 1.82) is 0 Å². The lowest BCUT2D eigenvalue weighted by molar-refractivity contribution is -0.146. The lowest BCUT2D eigenvalue weighted by atomic mass is 9.99. The van der Waals surface area contributed by atoms with Crippen LogP contribution in [0.2, 0.25) is 10.0 Å². The van der Waals surface area contributed by atoms with Gasteiger partial charge in [0.2, 0.25) is 5.91 Å². The molecule has 2 aromatic carbocycles. The minimum absolute atomic E-state index is 0.115. The van der Waals surface area contributed by atoms with E-state index in [0.717, 1.165) is 0 Å². The van der Waals surface area contributed by atoms with Crippen LogP contribution in [0, 0.1) is 6.92 Å². The summed E-state index contributed by atoms with van der Waals surface area (Å²) in [6.07, 6.45) is -1.24. The molecule has 1 aliphatic heterocycles. The van der Waals surface area contributed by atoms with Crippen molar-refractivity contribution >= 4 is 45.0 Å². The smallest absolute Gasteiger partial charge is 0.265 e. The fourth-order valence-electron chi connectivity index (χ4n) is 2.83. The molecule has 2 atom stereocenters. The van der Waals surface area contributed by atoms with E-state index in [0.29, 0.717) is 16.1 Å². The van der Waals surface area contributed by atoms with E-state index in [-0.39, 0.29) is 16.5 Å². The normalized spacial score (nSPS) is 19.8. The summed E-state index contributed by atoms with van der Waals surface area (Å²) in [5.41, 5.74) is 0.866. The van der Waals surface area contributed by atoms with Crippen molar-refractivity contribution in [3.8, 4) is 0 Å². The van der Waals surface area contributed by atoms with Gasteiger partial charge in [0.25, 0.3) is 15.9 Å². The van der Waals surface area contributed by atoms with Gasteiger partial charge in [-0.1, -0.05) is 41.4 Å². The van der Waals surface area contributed by atoms with E-state index in [1.54, 1.807) is 30.3 Å². The molecule has 1 saturated heterocycles. The van der Waals surface area contributed by atoms with Gasteiger partial charge in [0.05, 0.1) is 10.9 Å². The van der Waals surface area contributed by atoms with E-state index < -0.39 is 34.0 Å². The molecule has 1 aliphatic rings. The molecule has 0 spiro atoms. The summed E-state index contributed by atoms with van der Waals surface area (Å²) in [7, 11) is -4.19. The molecule has 2 aromatic rings. The highest BCUT2D eigenvalue weighted by Gasteiger charge is 2.38. The molecule has 0 saturated carbocycles. The predicted octanol–water partition coefficient (Wildman–Crippen LogP) is 2.36. The number of morpholine rings is 1. The third-order valence-electron chi connectivity index (χ3n) is 4.24. The van der Waals surface area contributed by atoms with Crippen LogP contribution >= 0.6 is 23.2 Å². The Morgan fingerprint density at radius 3 is 2.54 bits per heavy atom. The SMILES string of the molecule is Cc1c(Cl)cccc1S(=O)(=O)NC(=O)[C@@H]1OCC(=O)N[C@@H]1c1ccc(Cl)cc1. The Balaban J connectivity index is 1.88. The Hall–Kier alpha value is -2.13. The molecule has 0 aromatic heterocycles. The molecule has 7 nitrogen and oxygen atoms in total. The third kappa shape index (κ3) is 4.30. The standard InChI is InChI=1S/C18H16Cl2N2O5S/c1-10-13(20)3-2-4-14(10)28(25,26)22-18(24)17-16(21-15(23)9-27-17)11-5-7-12(19)8-6-11/h2-8,16-17H,9H2,1H3,(H,21,23)(H,22,24)/t16-,17-/m1/s1. The second kappa shape index (κ2) is 8.08. The Labute approximate surface area is 172 Å². The summed E-state index contributed by atoms with van der Waals surface area (Å²) >= 11 is 11.8. The fraction of sp³-hybridized carbons (Fsp3) is 0.222. The van der Waals surface area contributed by atoms with Crippen molar-refractivity contribution < 1.29 is 22.7 Å². The molecule has 3 rings (SSSR count). The van der Waals surface area contributed by atoms with Gasteiger partial charge in [0.15, 0.2) is 6.10 Å². The zero-order valence-electron chi connectivity index (χ0n) is 14.6. The number of amides is 2. The predicted molar refractivity (Wildman–Crippen MR) is 104 cm³/mol. The highest BCUT2D eigenvalue weighted by Crippen LogP contribution is 2.26. The van der Waals surface area contributed by atoms with E-state index in [1.165, 1.54) is 19.1 Å². The second-order valence-corrected chi connectivity index (χ2v) is 8.66. The number of carbonyl (C=O) groups excluding carboxylic acids is 2. The lowest BCUT2D eigenvalue weighted by Gasteiger charge is -2.31. The molecule has 1 fully saturated rings. The average molecular weight is 443 g/mol. The van der Waals surface area contributed by atoms with Crippen LogP contribution in [0.4, 0.5) is 0 Å². The zero-order chi connectivity index (χ0) is 20.5. The van der Waals surface area contributed by atoms with Crippen LogP contribution in [-0.2, 0) is 24.3 Å². The number of ether oxygens (including phenoxy) is 1. The minimum atomic E-state index is -4.19. The van der Waals surface area contributed by atoms with Crippen molar-refractivity contribution in [2.75, 3.05) is 6.61 Å². The molecule has 148 valence electrons. The first-order valence-corrected chi connectivity index (χ1v) is 10.4. The first kappa shape index (κ1) is 20.6. The van der Waals surface area contributed by atoms with Crippen molar-refractivity contribution in [2.45, 2.75) is 24.0 Å². The Morgan fingerprint density at radius 1 is 1.18 bits per heavy atom. The van der Waals surface area contributed by atoms with Gasteiger partial charge in [0.1, 0.15) is 6.61 Å². The molecule has 0 unspecified atom stereocenters. The quantitative estimate of drug-likeness (QED) is 0.756. The molecule has 28 heavy (non-hydrogen) atoms. The van der Waals surface area contributed by atoms with Crippen LogP contribution in [0.25, 0.3) is 0 Å². The number of rotatable bonds is 4. The topological polar surface area (TPSA) is 102 Å². The van der Waals surface area contributed by atoms with Gasteiger partial charge in [-0.15, -0.1) is 0 Å². The molecule has 0 bridgehead atoms. The Kier molecular flexibility index (Phi) is 5.95. The molecule has 2 amide bonds. The van der Waals surface area contributed by atoms with Gasteiger partial charge in [0, 0.05) is 10.0 Å². The number of hydrogen-bond acceptors (Lipinski definition) is 5. The monoisotopic (exact) mass is 442 g/mol. The van der Waals surface area contributed by atoms with Crippen LogP contribution in [0.1, 0.15) is 17.2 Å². The molecule has 2 N–H and O–H groups in total. The summed E-state index contributed by atoms with van der Waals surface area (Å²) in [5.74, 6) is -1.32. The molecule has 10 heteroatoms. The Morgan fingerprint density at radius 2 is 1.86 bits per heavy atom. The number of hydrogen-bond donors (Lipinski definition) is 2. The third-order valence-corrected chi connectivity index (χ3v) is 6.40. The summed E-state index contributed by atoms with van der Waals surface area (Å²) in [6, 6.07) is 9.94.